The molecule has 0 fully saturated rings. The number of rotatable bonds is 17. The zero-order chi connectivity index (χ0) is 37.8. The van der Waals surface area contributed by atoms with E-state index in [2.05, 4.69) is 27.7 Å². The lowest BCUT2D eigenvalue weighted by Gasteiger charge is -2.15. The van der Waals surface area contributed by atoms with E-state index >= 15 is 0 Å². The average molecular weight is 714 g/mol. The van der Waals surface area contributed by atoms with Gasteiger partial charge in [0.25, 0.3) is 0 Å². The quantitative estimate of drug-likeness (QED) is 0.112. The second-order valence-electron chi connectivity index (χ2n) is 13.4. The number of benzene rings is 3. The maximum Gasteiger partial charge on any atom is 0.338 e. The smallest absolute Gasteiger partial charge is 0.338 e. The van der Waals surface area contributed by atoms with Crippen LogP contribution in [0, 0.1) is 11.8 Å². The highest BCUT2D eigenvalue weighted by atomic mass is 16.5. The van der Waals surface area contributed by atoms with Gasteiger partial charge in [0.15, 0.2) is 0 Å². The summed E-state index contributed by atoms with van der Waals surface area (Å²) in [5, 5.41) is 0. The Morgan fingerprint density at radius 2 is 0.827 bits per heavy atom. The van der Waals surface area contributed by atoms with E-state index in [1.807, 2.05) is 25.1 Å². The summed E-state index contributed by atoms with van der Waals surface area (Å²) in [7, 11) is 0. The van der Waals surface area contributed by atoms with Gasteiger partial charge in [0.05, 0.1) is 36.3 Å². The molecule has 0 spiro atoms. The summed E-state index contributed by atoms with van der Waals surface area (Å²) in [4.78, 5) is 78.9. The second kappa shape index (κ2) is 18.6. The lowest BCUT2D eigenvalue weighted by molar-refractivity contribution is 0.0486. The average Bonchev–Trinajstić information content (AvgIpc) is 3.12. The Hall–Kier alpha value is -5.52. The van der Waals surface area contributed by atoms with Crippen molar-refractivity contribution >= 4 is 17.9 Å². The van der Waals surface area contributed by atoms with Gasteiger partial charge < -0.3 is 14.2 Å². The van der Waals surface area contributed by atoms with Crippen molar-refractivity contribution in [3.63, 3.8) is 0 Å². The van der Waals surface area contributed by atoms with Crippen molar-refractivity contribution in [3.8, 4) is 0 Å². The lowest BCUT2D eigenvalue weighted by Crippen LogP contribution is -2.55. The van der Waals surface area contributed by atoms with Crippen molar-refractivity contribution in [2.24, 2.45) is 11.8 Å². The first-order valence-electron chi connectivity index (χ1n) is 17.6. The topological polar surface area (TPSA) is 145 Å². The molecule has 276 valence electrons. The molecule has 0 aliphatic heterocycles. The molecule has 1 heterocycles. The summed E-state index contributed by atoms with van der Waals surface area (Å²) in [5.74, 6) is -1.12. The highest BCUT2D eigenvalue weighted by Gasteiger charge is 2.18. The molecule has 0 saturated heterocycles. The standard InChI is InChI=1S/C40H47N3O9/c1-6-29-10-7-13-32(24-29)35(44)50-19-16-41-38(47)42(17-20-51-36(45)33-14-8-11-30(25-33)22-27(2)3)40(49)43(39(41)48)18-21-52-37(46)34-15-9-12-31(26-34)23-28(4)5/h7-15,24-28H,6,16-23H2,1-5H3. The van der Waals surface area contributed by atoms with Gasteiger partial charge in [0.1, 0.15) is 19.8 Å². The fraction of sp³-hybridized carbons (Fsp3) is 0.400. The maximum atomic E-state index is 13.5. The third-order valence-electron chi connectivity index (χ3n) is 8.21. The van der Waals surface area contributed by atoms with Gasteiger partial charge in [0.2, 0.25) is 0 Å². The molecular formula is C40H47N3O9. The van der Waals surface area contributed by atoms with Gasteiger partial charge in [-0.1, -0.05) is 71.0 Å². The molecule has 52 heavy (non-hydrogen) atoms. The summed E-state index contributed by atoms with van der Waals surface area (Å²) in [6.45, 7) is 8.13. The number of hydrogen-bond acceptors (Lipinski definition) is 9. The fourth-order valence-electron chi connectivity index (χ4n) is 5.71. The van der Waals surface area contributed by atoms with E-state index in [-0.39, 0.29) is 39.5 Å². The van der Waals surface area contributed by atoms with Gasteiger partial charge in [0, 0.05) is 0 Å². The van der Waals surface area contributed by atoms with Crippen molar-refractivity contribution in [2.75, 3.05) is 19.8 Å². The second-order valence-corrected chi connectivity index (χ2v) is 13.4. The Morgan fingerprint density at radius 1 is 0.519 bits per heavy atom. The zero-order valence-corrected chi connectivity index (χ0v) is 30.5. The van der Waals surface area contributed by atoms with Crippen LogP contribution in [0.5, 0.6) is 0 Å². The molecule has 12 nitrogen and oxygen atoms in total. The Balaban J connectivity index is 1.53. The van der Waals surface area contributed by atoms with E-state index in [9.17, 15) is 28.8 Å². The number of aryl methyl sites for hydroxylation is 1. The first-order valence-corrected chi connectivity index (χ1v) is 17.6. The Kier molecular flexibility index (Phi) is 14.1. The summed E-state index contributed by atoms with van der Waals surface area (Å²) >= 11 is 0. The van der Waals surface area contributed by atoms with Crippen LogP contribution in [0.25, 0.3) is 0 Å². The molecule has 0 bridgehead atoms. The largest absolute Gasteiger partial charge is 0.460 e. The minimum atomic E-state index is -0.968. The van der Waals surface area contributed by atoms with E-state index in [1.54, 1.807) is 54.6 Å². The van der Waals surface area contributed by atoms with E-state index in [0.717, 1.165) is 49.7 Å². The van der Waals surface area contributed by atoms with Gasteiger partial charge in [-0.15, -0.1) is 0 Å². The molecule has 4 aromatic rings. The van der Waals surface area contributed by atoms with Crippen molar-refractivity contribution in [3.05, 3.63) is 138 Å². The minimum absolute atomic E-state index is 0.321. The molecule has 0 amide bonds. The van der Waals surface area contributed by atoms with Gasteiger partial charge in [-0.2, -0.15) is 0 Å². The van der Waals surface area contributed by atoms with Crippen LogP contribution in [0.2, 0.25) is 0 Å². The van der Waals surface area contributed by atoms with Gasteiger partial charge in [-0.25, -0.2) is 42.5 Å². The van der Waals surface area contributed by atoms with Crippen LogP contribution in [0.15, 0.2) is 87.2 Å². The van der Waals surface area contributed by atoms with Crippen molar-refractivity contribution in [1.29, 1.82) is 0 Å². The maximum absolute atomic E-state index is 13.5. The van der Waals surface area contributed by atoms with E-state index in [1.165, 1.54) is 0 Å². The summed E-state index contributed by atoms with van der Waals surface area (Å²) in [6.07, 6.45) is 2.27. The first-order chi connectivity index (χ1) is 24.9. The molecule has 0 aliphatic rings. The molecular weight excluding hydrogens is 666 g/mol. The van der Waals surface area contributed by atoms with E-state index in [0.29, 0.717) is 28.5 Å². The Morgan fingerprint density at radius 3 is 1.13 bits per heavy atom. The van der Waals surface area contributed by atoms with Crippen LogP contribution in [-0.4, -0.2) is 51.4 Å². The van der Waals surface area contributed by atoms with Gasteiger partial charge in [-0.3, -0.25) is 0 Å². The minimum Gasteiger partial charge on any atom is -0.460 e. The van der Waals surface area contributed by atoms with Crippen LogP contribution in [-0.2, 0) is 53.1 Å². The number of carbonyl (C=O) groups is 3. The molecule has 0 N–H and O–H groups in total. The third kappa shape index (κ3) is 10.7. The number of hydrogen-bond donors (Lipinski definition) is 0. The predicted octanol–water partition coefficient (Wildman–Crippen LogP) is 4.70. The van der Waals surface area contributed by atoms with Crippen LogP contribution >= 0.6 is 0 Å². The summed E-state index contributed by atoms with van der Waals surface area (Å²) in [5.41, 5.74) is 0.956. The van der Waals surface area contributed by atoms with Crippen LogP contribution < -0.4 is 17.1 Å². The molecule has 0 atom stereocenters. The Labute approximate surface area is 302 Å². The monoisotopic (exact) mass is 713 g/mol. The Bertz CT molecular complexity index is 1950. The van der Waals surface area contributed by atoms with Crippen molar-refractivity contribution in [1.82, 2.24) is 13.7 Å². The van der Waals surface area contributed by atoms with Crippen LogP contribution in [0.1, 0.15) is 82.4 Å². The molecule has 0 saturated carbocycles. The van der Waals surface area contributed by atoms with Gasteiger partial charge >= 0.3 is 35.0 Å². The molecule has 0 radical (unpaired) electrons. The van der Waals surface area contributed by atoms with E-state index in [4.69, 9.17) is 14.2 Å². The number of carbonyl (C=O) groups excluding carboxylic acids is 3. The molecule has 12 heteroatoms. The predicted molar refractivity (Wildman–Crippen MR) is 196 cm³/mol. The van der Waals surface area contributed by atoms with Crippen molar-refractivity contribution in [2.45, 2.75) is 73.5 Å². The van der Waals surface area contributed by atoms with E-state index < -0.39 is 35.0 Å². The van der Waals surface area contributed by atoms with Crippen molar-refractivity contribution < 1.29 is 28.6 Å². The number of nitrogens with zero attached hydrogens (tertiary/aromatic N) is 3. The molecule has 0 unspecified atom stereocenters. The van der Waals surface area contributed by atoms with Gasteiger partial charge in [-0.05, 0) is 84.2 Å². The molecule has 1 aromatic heterocycles. The number of esters is 3. The molecule has 4 rings (SSSR count). The third-order valence-corrected chi connectivity index (χ3v) is 8.21. The highest BCUT2D eigenvalue weighted by Crippen LogP contribution is 2.13. The normalized spacial score (nSPS) is 11.1. The summed E-state index contributed by atoms with van der Waals surface area (Å²) in [6, 6.07) is 21.0. The highest BCUT2D eigenvalue weighted by molar-refractivity contribution is 5.90. The molecule has 0 aliphatic carbocycles. The summed E-state index contributed by atoms with van der Waals surface area (Å²) < 4.78 is 18.5. The lowest BCUT2D eigenvalue weighted by atomic mass is 10.0. The fourth-order valence-corrected chi connectivity index (χ4v) is 5.71. The molecule has 3 aromatic carbocycles. The zero-order valence-electron chi connectivity index (χ0n) is 30.5. The van der Waals surface area contributed by atoms with Crippen LogP contribution in [0.4, 0.5) is 0 Å². The number of ether oxygens (including phenoxy) is 3. The van der Waals surface area contributed by atoms with Crippen LogP contribution in [0.3, 0.4) is 0 Å². The SMILES string of the molecule is CCc1cccc(C(=O)OCCn2c(=O)n(CCOC(=O)c3cccc(CC(C)C)c3)c(=O)n(CCOC(=O)c3cccc(CC(C)C)c3)c2=O)c1. The number of aromatic nitrogens is 3. The first kappa shape index (κ1) is 39.3.